The summed E-state index contributed by atoms with van der Waals surface area (Å²) in [5.74, 6) is 0.501. The van der Waals surface area contributed by atoms with E-state index in [9.17, 15) is 9.00 Å². The molecule has 3 N–H and O–H groups in total. The summed E-state index contributed by atoms with van der Waals surface area (Å²) in [6.07, 6.45) is 2.38. The van der Waals surface area contributed by atoms with Crippen LogP contribution in [0.1, 0.15) is 29.3 Å². The Bertz CT molecular complexity index is 418. The van der Waals surface area contributed by atoms with Gasteiger partial charge in [-0.05, 0) is 31.0 Å². The highest BCUT2D eigenvalue weighted by molar-refractivity contribution is 7.84. The number of nitrogens with two attached hydrogens (primary N) is 1. The lowest BCUT2D eigenvalue weighted by Crippen LogP contribution is -2.33. The minimum atomic E-state index is -0.815. The Balaban J connectivity index is 2.50. The highest BCUT2D eigenvalue weighted by Gasteiger charge is 2.09. The molecule has 0 fully saturated rings. The summed E-state index contributed by atoms with van der Waals surface area (Å²) in [6, 6.07) is 7.25. The first-order valence-electron chi connectivity index (χ1n) is 5.93. The molecule has 1 aromatic rings. The SMILES string of the molecule is CC(CCS(C)=O)NC(=O)c1ccc(CN)cc1. The van der Waals surface area contributed by atoms with Crippen LogP contribution in [0.15, 0.2) is 24.3 Å². The summed E-state index contributed by atoms with van der Waals surface area (Å²) in [6.45, 7) is 2.39. The van der Waals surface area contributed by atoms with Crippen molar-refractivity contribution in [1.82, 2.24) is 5.32 Å². The van der Waals surface area contributed by atoms with Crippen LogP contribution in [0.5, 0.6) is 0 Å². The number of carbonyl (C=O) groups is 1. The molecule has 0 saturated carbocycles. The minimum absolute atomic E-state index is 0.0237. The summed E-state index contributed by atoms with van der Waals surface area (Å²) >= 11 is 0. The molecule has 4 nitrogen and oxygen atoms in total. The topological polar surface area (TPSA) is 72.2 Å². The van der Waals surface area contributed by atoms with E-state index in [2.05, 4.69) is 5.32 Å². The Morgan fingerprint density at radius 1 is 1.39 bits per heavy atom. The van der Waals surface area contributed by atoms with E-state index in [1.807, 2.05) is 19.1 Å². The minimum Gasteiger partial charge on any atom is -0.350 e. The van der Waals surface area contributed by atoms with Crippen molar-refractivity contribution in [2.45, 2.75) is 25.9 Å². The average molecular weight is 268 g/mol. The molecule has 0 saturated heterocycles. The van der Waals surface area contributed by atoms with Gasteiger partial charge in [0.25, 0.3) is 5.91 Å². The van der Waals surface area contributed by atoms with E-state index < -0.39 is 10.8 Å². The molecule has 0 aliphatic carbocycles. The molecule has 0 radical (unpaired) electrons. The lowest BCUT2D eigenvalue weighted by Gasteiger charge is -2.13. The monoisotopic (exact) mass is 268 g/mol. The van der Waals surface area contributed by atoms with Gasteiger partial charge in [0.2, 0.25) is 0 Å². The lowest BCUT2D eigenvalue weighted by molar-refractivity contribution is 0.0939. The van der Waals surface area contributed by atoms with Crippen LogP contribution < -0.4 is 11.1 Å². The van der Waals surface area contributed by atoms with Crippen molar-refractivity contribution in [3.63, 3.8) is 0 Å². The molecular weight excluding hydrogens is 248 g/mol. The first-order valence-corrected chi connectivity index (χ1v) is 7.65. The second kappa shape index (κ2) is 7.28. The van der Waals surface area contributed by atoms with Gasteiger partial charge in [-0.3, -0.25) is 9.00 Å². The van der Waals surface area contributed by atoms with E-state index in [1.165, 1.54) is 0 Å². The van der Waals surface area contributed by atoms with Gasteiger partial charge in [-0.15, -0.1) is 0 Å². The Hall–Kier alpha value is -1.20. The second-order valence-electron chi connectivity index (χ2n) is 4.34. The Labute approximate surface area is 110 Å². The van der Waals surface area contributed by atoms with E-state index in [0.717, 1.165) is 12.0 Å². The summed E-state index contributed by atoms with van der Waals surface area (Å²) in [7, 11) is -0.815. The van der Waals surface area contributed by atoms with Crippen LogP contribution in [0.25, 0.3) is 0 Å². The van der Waals surface area contributed by atoms with Gasteiger partial charge in [0, 0.05) is 41.0 Å². The molecule has 100 valence electrons. The fourth-order valence-electron chi connectivity index (χ4n) is 1.51. The Kier molecular flexibility index (Phi) is 6.01. The number of hydrogen-bond donors (Lipinski definition) is 2. The smallest absolute Gasteiger partial charge is 0.251 e. The maximum atomic E-state index is 11.9. The highest BCUT2D eigenvalue weighted by Crippen LogP contribution is 2.04. The Morgan fingerprint density at radius 3 is 2.50 bits per heavy atom. The van der Waals surface area contributed by atoms with Gasteiger partial charge < -0.3 is 11.1 Å². The van der Waals surface area contributed by atoms with Crippen LogP contribution in [0.2, 0.25) is 0 Å². The quantitative estimate of drug-likeness (QED) is 0.809. The summed E-state index contributed by atoms with van der Waals surface area (Å²) < 4.78 is 11.0. The third-order valence-corrected chi connectivity index (χ3v) is 3.48. The van der Waals surface area contributed by atoms with E-state index in [4.69, 9.17) is 5.73 Å². The van der Waals surface area contributed by atoms with Gasteiger partial charge in [-0.1, -0.05) is 12.1 Å². The predicted octanol–water partition coefficient (Wildman–Crippen LogP) is 1.03. The number of rotatable bonds is 6. The normalized spacial score (nSPS) is 13.9. The van der Waals surface area contributed by atoms with Crippen LogP contribution in [-0.2, 0) is 17.3 Å². The first kappa shape index (κ1) is 14.9. The maximum Gasteiger partial charge on any atom is 0.251 e. The molecule has 0 aromatic heterocycles. The molecule has 5 heteroatoms. The zero-order chi connectivity index (χ0) is 13.5. The number of amides is 1. The fourth-order valence-corrected chi connectivity index (χ4v) is 2.20. The van der Waals surface area contributed by atoms with Gasteiger partial charge in [0.1, 0.15) is 0 Å². The molecule has 0 aliphatic heterocycles. The molecule has 2 atom stereocenters. The molecule has 2 unspecified atom stereocenters. The number of benzene rings is 1. The fraction of sp³-hybridized carbons (Fsp3) is 0.462. The number of carbonyl (C=O) groups excluding carboxylic acids is 1. The van der Waals surface area contributed by atoms with Crippen LogP contribution in [0, 0.1) is 0 Å². The largest absolute Gasteiger partial charge is 0.350 e. The van der Waals surface area contributed by atoms with Crippen molar-refractivity contribution < 1.29 is 9.00 Å². The predicted molar refractivity (Wildman–Crippen MR) is 74.8 cm³/mol. The highest BCUT2D eigenvalue weighted by atomic mass is 32.2. The lowest BCUT2D eigenvalue weighted by atomic mass is 10.1. The third-order valence-electron chi connectivity index (χ3n) is 2.67. The molecule has 0 aliphatic rings. The van der Waals surface area contributed by atoms with Crippen LogP contribution in [0.3, 0.4) is 0 Å². The molecule has 1 aromatic carbocycles. The second-order valence-corrected chi connectivity index (χ2v) is 5.90. The molecule has 0 spiro atoms. The summed E-state index contributed by atoms with van der Waals surface area (Å²) in [5.41, 5.74) is 7.12. The van der Waals surface area contributed by atoms with E-state index in [0.29, 0.717) is 17.9 Å². The van der Waals surface area contributed by atoms with Crippen molar-refractivity contribution in [2.24, 2.45) is 5.73 Å². The zero-order valence-corrected chi connectivity index (χ0v) is 11.6. The van der Waals surface area contributed by atoms with Gasteiger partial charge in [-0.2, -0.15) is 0 Å². The van der Waals surface area contributed by atoms with E-state index in [1.54, 1.807) is 18.4 Å². The van der Waals surface area contributed by atoms with Crippen molar-refractivity contribution in [1.29, 1.82) is 0 Å². The van der Waals surface area contributed by atoms with Crippen LogP contribution >= 0.6 is 0 Å². The molecule has 0 bridgehead atoms. The van der Waals surface area contributed by atoms with E-state index >= 15 is 0 Å². The van der Waals surface area contributed by atoms with Gasteiger partial charge in [0.15, 0.2) is 0 Å². The van der Waals surface area contributed by atoms with Crippen molar-refractivity contribution in [3.8, 4) is 0 Å². The van der Waals surface area contributed by atoms with E-state index in [-0.39, 0.29) is 11.9 Å². The first-order chi connectivity index (χ1) is 8.52. The number of nitrogens with one attached hydrogen (secondary N) is 1. The van der Waals surface area contributed by atoms with Crippen LogP contribution in [0.4, 0.5) is 0 Å². The molecular formula is C13H20N2O2S. The van der Waals surface area contributed by atoms with Crippen molar-refractivity contribution in [3.05, 3.63) is 35.4 Å². The standard InChI is InChI=1S/C13H20N2O2S/c1-10(7-8-18(2)17)15-13(16)12-5-3-11(9-14)4-6-12/h3-6,10H,7-9,14H2,1-2H3,(H,15,16). The van der Waals surface area contributed by atoms with Gasteiger partial charge >= 0.3 is 0 Å². The van der Waals surface area contributed by atoms with Crippen LogP contribution in [-0.4, -0.2) is 28.2 Å². The van der Waals surface area contributed by atoms with Crippen molar-refractivity contribution in [2.75, 3.05) is 12.0 Å². The molecule has 0 heterocycles. The maximum absolute atomic E-state index is 11.9. The van der Waals surface area contributed by atoms with Gasteiger partial charge in [0.05, 0.1) is 0 Å². The average Bonchev–Trinajstić information content (AvgIpc) is 2.36. The Morgan fingerprint density at radius 2 is 2.00 bits per heavy atom. The summed E-state index contributed by atoms with van der Waals surface area (Å²) in [5, 5.41) is 2.88. The molecule has 1 rings (SSSR count). The molecule has 1 amide bonds. The summed E-state index contributed by atoms with van der Waals surface area (Å²) in [4.78, 5) is 11.9. The van der Waals surface area contributed by atoms with Crippen molar-refractivity contribution >= 4 is 16.7 Å². The van der Waals surface area contributed by atoms with Gasteiger partial charge in [-0.25, -0.2) is 0 Å². The third kappa shape index (κ3) is 4.98. The molecule has 18 heavy (non-hydrogen) atoms. The number of hydrogen-bond acceptors (Lipinski definition) is 3. The zero-order valence-electron chi connectivity index (χ0n) is 10.8.